The van der Waals surface area contributed by atoms with Crippen molar-refractivity contribution in [2.45, 2.75) is 159 Å². The van der Waals surface area contributed by atoms with Crippen LogP contribution in [0.4, 0.5) is 0 Å². The summed E-state index contributed by atoms with van der Waals surface area (Å²) < 4.78 is 15.6. The summed E-state index contributed by atoms with van der Waals surface area (Å²) in [6, 6.07) is 0. The predicted octanol–water partition coefficient (Wildman–Crippen LogP) is 11.0. The van der Waals surface area contributed by atoms with Crippen molar-refractivity contribution in [1.29, 1.82) is 0 Å². The van der Waals surface area contributed by atoms with Gasteiger partial charge in [0.1, 0.15) is 11.5 Å². The van der Waals surface area contributed by atoms with Crippen molar-refractivity contribution in [3.05, 3.63) is 21.2 Å². The third-order valence-electron chi connectivity index (χ3n) is 8.53. The van der Waals surface area contributed by atoms with Crippen LogP contribution in [-0.4, -0.2) is 61.2 Å². The maximum atomic E-state index is 8.45. The van der Waals surface area contributed by atoms with E-state index in [0.717, 1.165) is 5.76 Å². The molecule has 0 bridgehead atoms. The van der Waals surface area contributed by atoms with E-state index in [1.807, 2.05) is 9.64 Å². The van der Waals surface area contributed by atoms with Gasteiger partial charge in [0.2, 0.25) is 8.32 Å². The van der Waals surface area contributed by atoms with Gasteiger partial charge in [0.05, 0.1) is 22.3 Å². The van der Waals surface area contributed by atoms with Crippen molar-refractivity contribution in [1.82, 2.24) is 0 Å². The molecule has 0 atom stereocenters. The molecular formula is C30H72O2Si8. The molecule has 0 aromatic carbocycles. The van der Waals surface area contributed by atoms with Gasteiger partial charge in [-0.2, -0.15) is 0 Å². The molecule has 0 spiro atoms. The Kier molecular flexibility index (Phi) is 10.4. The minimum atomic E-state index is -2.40. The highest BCUT2D eigenvalue weighted by molar-refractivity contribution is 8.09. The molecule has 0 aromatic rings. The Morgan fingerprint density at radius 2 is 0.750 bits per heavy atom. The summed E-state index contributed by atoms with van der Waals surface area (Å²) >= 11 is 0. The van der Waals surface area contributed by atoms with Gasteiger partial charge < -0.3 is 8.85 Å². The highest BCUT2D eigenvalue weighted by atomic mass is 30.2. The van der Waals surface area contributed by atoms with Crippen LogP contribution in [0.5, 0.6) is 0 Å². The van der Waals surface area contributed by atoms with Crippen LogP contribution in [0.25, 0.3) is 0 Å². The molecule has 1 heterocycles. The third kappa shape index (κ3) is 7.04. The molecule has 2 nitrogen and oxygen atoms in total. The lowest BCUT2D eigenvalue weighted by Crippen LogP contribution is -2.93. The van der Waals surface area contributed by atoms with Crippen LogP contribution in [0.2, 0.25) is 118 Å². The minimum absolute atomic E-state index is 0.103. The molecule has 0 saturated heterocycles. The van der Waals surface area contributed by atoms with E-state index in [2.05, 4.69) is 159 Å². The minimum Gasteiger partial charge on any atom is -0.545 e. The second-order valence-electron chi connectivity index (χ2n) is 20.9. The van der Waals surface area contributed by atoms with Crippen LogP contribution in [0, 0.1) is 10.8 Å². The summed E-state index contributed by atoms with van der Waals surface area (Å²) in [5.41, 5.74) is -0.216. The van der Waals surface area contributed by atoms with Gasteiger partial charge in [-0.15, -0.1) is 0 Å². The number of rotatable bonds is 10. The van der Waals surface area contributed by atoms with Gasteiger partial charge in [-0.05, 0) is 19.6 Å². The van der Waals surface area contributed by atoms with Gasteiger partial charge in [0.25, 0.3) is 7.83 Å². The van der Waals surface area contributed by atoms with E-state index >= 15 is 0 Å². The molecule has 0 amide bonds. The Balaban J connectivity index is 4.68. The Labute approximate surface area is 260 Å². The Bertz CT molecular complexity index is 957. The van der Waals surface area contributed by atoms with Crippen molar-refractivity contribution >= 4 is 61.2 Å². The molecule has 10 heteroatoms. The fourth-order valence-electron chi connectivity index (χ4n) is 9.12. The maximum Gasteiger partial charge on any atom is 0.272 e. The fourth-order valence-corrected chi connectivity index (χ4v) is 188. The van der Waals surface area contributed by atoms with Gasteiger partial charge in [-0.1, -0.05) is 149 Å². The van der Waals surface area contributed by atoms with Crippen molar-refractivity contribution < 1.29 is 8.85 Å². The summed E-state index contributed by atoms with van der Waals surface area (Å²) in [7, 11) is -12.4. The zero-order valence-corrected chi connectivity index (χ0v) is 39.8. The average Bonchev–Trinajstić information content (AvgIpc) is 3.21. The van der Waals surface area contributed by atoms with Crippen LogP contribution in [-0.2, 0) is 8.85 Å². The highest BCUT2D eigenvalue weighted by Crippen LogP contribution is 2.63. The third-order valence-corrected chi connectivity index (χ3v) is 127. The van der Waals surface area contributed by atoms with E-state index in [4.69, 9.17) is 8.85 Å². The predicted molar refractivity (Wildman–Crippen MR) is 207 cm³/mol. The first-order valence-electron chi connectivity index (χ1n) is 15.8. The summed E-state index contributed by atoms with van der Waals surface area (Å²) in [5, 5.41) is 0. The van der Waals surface area contributed by atoms with Crippen molar-refractivity contribution in [2.24, 2.45) is 10.8 Å². The van der Waals surface area contributed by atoms with Crippen molar-refractivity contribution in [2.75, 3.05) is 0 Å². The monoisotopic (exact) mass is 688 g/mol. The lowest BCUT2D eigenvalue weighted by Gasteiger charge is -2.62. The summed E-state index contributed by atoms with van der Waals surface area (Å²) in [6.45, 7) is 62.3. The molecule has 0 aromatic heterocycles. The van der Waals surface area contributed by atoms with Crippen LogP contribution in [0.3, 0.4) is 0 Å². The molecule has 40 heavy (non-hydrogen) atoms. The number of allylic oxidation sites excluding steroid dienone is 2. The molecule has 0 aliphatic carbocycles. The Morgan fingerprint density at radius 3 is 0.925 bits per heavy atom. The zero-order valence-electron chi connectivity index (χ0n) is 31.8. The molecule has 0 unspecified atom stereocenters. The molecule has 1 aliphatic rings. The van der Waals surface area contributed by atoms with Crippen molar-refractivity contribution in [3.8, 4) is 0 Å². The molecule has 1 rings (SSSR count). The smallest absolute Gasteiger partial charge is 0.272 e. The normalized spacial score (nSPS) is 19.0. The van der Waals surface area contributed by atoms with E-state index in [1.165, 1.54) is 5.76 Å². The molecule has 0 radical (unpaired) electrons. The van der Waals surface area contributed by atoms with E-state index < -0.39 is 61.2 Å². The van der Waals surface area contributed by atoms with Crippen LogP contribution >= 0.6 is 0 Å². The van der Waals surface area contributed by atoms with E-state index in [0.29, 0.717) is 0 Å². The van der Waals surface area contributed by atoms with Crippen LogP contribution in [0.1, 0.15) is 41.5 Å². The van der Waals surface area contributed by atoms with E-state index in [-0.39, 0.29) is 10.8 Å². The van der Waals surface area contributed by atoms with Crippen molar-refractivity contribution in [3.63, 3.8) is 0 Å². The van der Waals surface area contributed by atoms with Gasteiger partial charge in [-0.25, -0.2) is 0 Å². The highest BCUT2D eigenvalue weighted by Gasteiger charge is 2.85. The van der Waals surface area contributed by atoms with Gasteiger partial charge in [0.15, 0.2) is 0 Å². The van der Waals surface area contributed by atoms with Gasteiger partial charge in [-0.3, -0.25) is 0 Å². The zero-order chi connectivity index (χ0) is 32.7. The largest absolute Gasteiger partial charge is 0.545 e. The average molecular weight is 690 g/mol. The molecular weight excluding hydrogens is 617 g/mol. The summed E-state index contributed by atoms with van der Waals surface area (Å²) in [5.74, 6) is 2.39. The molecule has 1 aliphatic heterocycles. The SMILES string of the molecule is CC(C)(C)/C(O[Si](C)(C)C)=C(/O[Si]1([Si]([Si](C)(C)C)([Si](C)(C)C)[Si](C)(C)C)C([Si](C)(C)C)=C1[Si](C)(C)C)C(C)(C)C. The fraction of sp³-hybridized carbons (Fsp3) is 0.867. The van der Waals surface area contributed by atoms with E-state index in [9.17, 15) is 0 Å². The summed E-state index contributed by atoms with van der Waals surface area (Å²) in [6.07, 6.45) is -1.92. The molecule has 0 N–H and O–H groups in total. The Hall–Kier alpha value is 0.815. The Morgan fingerprint density at radius 1 is 0.475 bits per heavy atom. The van der Waals surface area contributed by atoms with Crippen LogP contribution < -0.4 is 0 Å². The maximum absolute atomic E-state index is 8.45. The second-order valence-corrected chi connectivity index (χ2v) is 87.5. The first-order chi connectivity index (χ1) is 16.9. The lowest BCUT2D eigenvalue weighted by molar-refractivity contribution is 0.207. The topological polar surface area (TPSA) is 18.5 Å². The van der Waals surface area contributed by atoms with Gasteiger partial charge in [0, 0.05) is 33.6 Å². The standard InChI is InChI=1S/C30H72O2Si8/c1-29(2,3)25(31-35(13,14)15)26(30(4,5)6)32-39(27(33(7,8)9)28(39)34(10,11)12)40(36(16,17)18,37(19,20)21)38(22,23)24/h1-24H3/b26-25-. The van der Waals surface area contributed by atoms with E-state index in [1.54, 1.807) is 0 Å². The first kappa shape index (κ1) is 38.8. The quantitative estimate of drug-likeness (QED) is 0.168. The number of hydrogen-bond donors (Lipinski definition) is 0. The molecule has 0 fully saturated rings. The number of hydrogen-bond acceptors (Lipinski definition) is 2. The first-order valence-corrected chi connectivity index (χ1v) is 44.6. The van der Waals surface area contributed by atoms with Crippen LogP contribution in [0.15, 0.2) is 21.2 Å². The second kappa shape index (κ2) is 10.7. The summed E-state index contributed by atoms with van der Waals surface area (Å²) in [4.78, 5) is 3.97. The molecule has 236 valence electrons. The molecule has 0 saturated carbocycles. The van der Waals surface area contributed by atoms with Gasteiger partial charge >= 0.3 is 0 Å². The lowest BCUT2D eigenvalue weighted by atomic mass is 9.85.